The van der Waals surface area contributed by atoms with Gasteiger partial charge in [-0.25, -0.2) is 4.79 Å². The Kier molecular flexibility index (Phi) is 3.44. The van der Waals surface area contributed by atoms with E-state index in [1.807, 2.05) is 13.2 Å². The van der Waals surface area contributed by atoms with E-state index in [1.54, 1.807) is 35.1 Å². The number of hydrogen-bond acceptors (Lipinski definition) is 3. The number of carbonyl (C=O) groups is 1. The van der Waals surface area contributed by atoms with Crippen LogP contribution in [0.3, 0.4) is 0 Å². The van der Waals surface area contributed by atoms with Crippen LogP contribution in [0.1, 0.15) is 21.5 Å². The number of rotatable bonds is 1. The predicted octanol–water partition coefficient (Wildman–Crippen LogP) is 1.61. The molecule has 0 radical (unpaired) electrons. The van der Waals surface area contributed by atoms with Crippen LogP contribution in [0.4, 0.5) is 0 Å². The van der Waals surface area contributed by atoms with Crippen LogP contribution in [0.5, 0.6) is 0 Å². The van der Waals surface area contributed by atoms with Gasteiger partial charge in [-0.3, -0.25) is 4.68 Å². The quantitative estimate of drug-likeness (QED) is 0.562. The molecular formula is C14H12N2O2. The number of esters is 1. The number of ether oxygens (including phenoxy) is 1. The van der Waals surface area contributed by atoms with Gasteiger partial charge < -0.3 is 4.74 Å². The minimum Gasteiger partial charge on any atom is -0.465 e. The Hall–Kier alpha value is -2.54. The maximum Gasteiger partial charge on any atom is 0.337 e. The Balaban J connectivity index is 2.16. The summed E-state index contributed by atoms with van der Waals surface area (Å²) in [5.41, 5.74) is 2.21. The van der Waals surface area contributed by atoms with E-state index in [-0.39, 0.29) is 5.97 Å². The van der Waals surface area contributed by atoms with Crippen LogP contribution in [0.15, 0.2) is 36.7 Å². The Morgan fingerprint density at radius 3 is 2.44 bits per heavy atom. The lowest BCUT2D eigenvalue weighted by molar-refractivity contribution is 0.0601. The molecule has 0 N–H and O–H groups in total. The fourth-order valence-electron chi connectivity index (χ4n) is 1.44. The maximum absolute atomic E-state index is 11.2. The van der Waals surface area contributed by atoms with Gasteiger partial charge in [0.2, 0.25) is 0 Å². The van der Waals surface area contributed by atoms with Crippen LogP contribution in [-0.2, 0) is 11.8 Å². The molecule has 0 saturated carbocycles. The zero-order valence-electron chi connectivity index (χ0n) is 10.2. The van der Waals surface area contributed by atoms with Crippen molar-refractivity contribution < 1.29 is 9.53 Å². The first-order valence-electron chi connectivity index (χ1n) is 5.38. The number of carbonyl (C=O) groups excluding carboxylic acids is 1. The van der Waals surface area contributed by atoms with Crippen LogP contribution < -0.4 is 0 Å². The number of methoxy groups -OCH3 is 1. The second-order valence-electron chi connectivity index (χ2n) is 3.72. The number of benzene rings is 1. The summed E-state index contributed by atoms with van der Waals surface area (Å²) in [6.07, 6.45) is 3.55. The van der Waals surface area contributed by atoms with Crippen LogP contribution in [0, 0.1) is 11.8 Å². The van der Waals surface area contributed by atoms with Crippen molar-refractivity contribution in [1.82, 2.24) is 9.78 Å². The summed E-state index contributed by atoms with van der Waals surface area (Å²) in [7, 11) is 3.20. The number of nitrogens with zero attached hydrogens (tertiary/aromatic N) is 2. The van der Waals surface area contributed by atoms with E-state index in [1.165, 1.54) is 7.11 Å². The largest absolute Gasteiger partial charge is 0.465 e. The summed E-state index contributed by atoms with van der Waals surface area (Å²) in [6.45, 7) is 0. The third kappa shape index (κ3) is 2.77. The average Bonchev–Trinajstić information content (AvgIpc) is 2.82. The molecule has 1 aromatic heterocycles. The van der Waals surface area contributed by atoms with Gasteiger partial charge >= 0.3 is 5.97 Å². The van der Waals surface area contributed by atoms with Crippen molar-refractivity contribution in [3.8, 4) is 11.8 Å². The summed E-state index contributed by atoms with van der Waals surface area (Å²) in [5, 5.41) is 4.03. The highest BCUT2D eigenvalue weighted by Crippen LogP contribution is 2.05. The van der Waals surface area contributed by atoms with Gasteiger partial charge in [-0.2, -0.15) is 5.10 Å². The first kappa shape index (κ1) is 11.9. The predicted molar refractivity (Wildman–Crippen MR) is 67.0 cm³/mol. The third-order valence-corrected chi connectivity index (χ3v) is 2.36. The smallest absolute Gasteiger partial charge is 0.337 e. The SMILES string of the molecule is COC(=O)c1ccc(C#Cc2cnn(C)c2)cc1. The zero-order chi connectivity index (χ0) is 13.0. The molecule has 0 aliphatic rings. The molecule has 0 amide bonds. The van der Waals surface area contributed by atoms with Crippen LogP contribution >= 0.6 is 0 Å². The third-order valence-electron chi connectivity index (χ3n) is 2.36. The molecule has 2 aromatic rings. The van der Waals surface area contributed by atoms with E-state index in [2.05, 4.69) is 21.7 Å². The first-order chi connectivity index (χ1) is 8.69. The van der Waals surface area contributed by atoms with Crippen molar-refractivity contribution in [3.63, 3.8) is 0 Å². The minimum absolute atomic E-state index is 0.346. The van der Waals surface area contributed by atoms with Crippen molar-refractivity contribution in [2.45, 2.75) is 0 Å². The standard InChI is InChI=1S/C14H12N2O2/c1-16-10-12(9-15-16)4-3-11-5-7-13(8-6-11)14(17)18-2/h5-10H,1-2H3. The van der Waals surface area contributed by atoms with Gasteiger partial charge in [-0.1, -0.05) is 11.8 Å². The molecule has 2 rings (SSSR count). The molecule has 1 aromatic carbocycles. The van der Waals surface area contributed by atoms with E-state index in [0.29, 0.717) is 5.56 Å². The van der Waals surface area contributed by atoms with Crippen LogP contribution in [-0.4, -0.2) is 22.9 Å². The van der Waals surface area contributed by atoms with Crippen LogP contribution in [0.25, 0.3) is 0 Å². The first-order valence-corrected chi connectivity index (χ1v) is 5.38. The summed E-state index contributed by atoms with van der Waals surface area (Å²) < 4.78 is 6.32. The summed E-state index contributed by atoms with van der Waals surface area (Å²) in [6, 6.07) is 6.96. The van der Waals surface area contributed by atoms with Gasteiger partial charge in [0.25, 0.3) is 0 Å². The molecule has 0 spiro atoms. The molecule has 0 atom stereocenters. The lowest BCUT2D eigenvalue weighted by Gasteiger charge is -1.97. The highest BCUT2D eigenvalue weighted by molar-refractivity contribution is 5.89. The lowest BCUT2D eigenvalue weighted by atomic mass is 10.1. The molecule has 0 fully saturated rings. The number of hydrogen-bond donors (Lipinski definition) is 0. The second kappa shape index (κ2) is 5.19. The topological polar surface area (TPSA) is 44.1 Å². The summed E-state index contributed by atoms with van der Waals surface area (Å²) in [5.74, 6) is 5.65. The average molecular weight is 240 g/mol. The van der Waals surface area contributed by atoms with Crippen molar-refractivity contribution in [1.29, 1.82) is 0 Å². The zero-order valence-corrected chi connectivity index (χ0v) is 10.2. The van der Waals surface area contributed by atoms with Crippen molar-refractivity contribution in [3.05, 3.63) is 53.3 Å². The van der Waals surface area contributed by atoms with Crippen LogP contribution in [0.2, 0.25) is 0 Å². The van der Waals surface area contributed by atoms with E-state index < -0.39 is 0 Å². The maximum atomic E-state index is 11.2. The number of aromatic nitrogens is 2. The minimum atomic E-state index is -0.346. The molecule has 0 unspecified atom stereocenters. The van der Waals surface area contributed by atoms with Gasteiger partial charge in [0.15, 0.2) is 0 Å². The molecule has 0 aliphatic heterocycles. The van der Waals surface area contributed by atoms with Crippen molar-refractivity contribution in [2.24, 2.45) is 7.05 Å². The van der Waals surface area contributed by atoms with Gasteiger partial charge in [0.05, 0.1) is 24.4 Å². The normalized spacial score (nSPS) is 9.44. The molecule has 90 valence electrons. The lowest BCUT2D eigenvalue weighted by Crippen LogP contribution is -2.00. The van der Waals surface area contributed by atoms with Crippen molar-refractivity contribution >= 4 is 5.97 Å². The fraction of sp³-hybridized carbons (Fsp3) is 0.143. The summed E-state index contributed by atoms with van der Waals surface area (Å²) in [4.78, 5) is 11.2. The Labute approximate surface area is 105 Å². The highest BCUT2D eigenvalue weighted by atomic mass is 16.5. The molecular weight excluding hydrogens is 228 g/mol. The Bertz CT molecular complexity index is 615. The molecule has 4 heteroatoms. The molecule has 1 heterocycles. The highest BCUT2D eigenvalue weighted by Gasteiger charge is 2.03. The summed E-state index contributed by atoms with van der Waals surface area (Å²) >= 11 is 0. The second-order valence-corrected chi connectivity index (χ2v) is 3.72. The van der Waals surface area contributed by atoms with Gasteiger partial charge in [-0.05, 0) is 24.3 Å². The molecule has 0 aliphatic carbocycles. The monoisotopic (exact) mass is 240 g/mol. The fourth-order valence-corrected chi connectivity index (χ4v) is 1.44. The van der Waals surface area contributed by atoms with E-state index in [0.717, 1.165) is 11.1 Å². The van der Waals surface area contributed by atoms with E-state index in [9.17, 15) is 4.79 Å². The molecule has 0 bridgehead atoms. The van der Waals surface area contributed by atoms with Gasteiger partial charge in [0.1, 0.15) is 0 Å². The number of aryl methyl sites for hydroxylation is 1. The van der Waals surface area contributed by atoms with Crippen molar-refractivity contribution in [2.75, 3.05) is 7.11 Å². The Morgan fingerprint density at radius 2 is 1.89 bits per heavy atom. The van der Waals surface area contributed by atoms with E-state index >= 15 is 0 Å². The van der Waals surface area contributed by atoms with Gasteiger partial charge in [0, 0.05) is 18.8 Å². The van der Waals surface area contributed by atoms with Gasteiger partial charge in [-0.15, -0.1) is 0 Å². The molecule has 0 saturated heterocycles. The molecule has 4 nitrogen and oxygen atoms in total. The Morgan fingerprint density at radius 1 is 1.22 bits per heavy atom. The van der Waals surface area contributed by atoms with E-state index in [4.69, 9.17) is 0 Å². The molecule has 18 heavy (non-hydrogen) atoms.